The van der Waals surface area contributed by atoms with E-state index in [2.05, 4.69) is 27.1 Å². The largest absolute Gasteiger partial charge is 0.495 e. The van der Waals surface area contributed by atoms with Crippen LogP contribution in [-0.4, -0.2) is 75.7 Å². The molecule has 0 bridgehead atoms. The van der Waals surface area contributed by atoms with E-state index in [1.54, 1.807) is 7.11 Å². The summed E-state index contributed by atoms with van der Waals surface area (Å²) in [6, 6.07) is 6.56. The summed E-state index contributed by atoms with van der Waals surface area (Å²) in [6.45, 7) is 6.84. The van der Waals surface area contributed by atoms with Crippen molar-refractivity contribution in [3.8, 4) is 5.75 Å². The minimum absolute atomic E-state index is 0.690. The van der Waals surface area contributed by atoms with Crippen molar-refractivity contribution in [2.75, 3.05) is 63.6 Å². The van der Waals surface area contributed by atoms with Gasteiger partial charge >= 0.3 is 0 Å². The van der Waals surface area contributed by atoms with Crippen molar-refractivity contribution in [3.05, 3.63) is 18.2 Å². The van der Waals surface area contributed by atoms with Gasteiger partial charge in [-0.15, -0.1) is 0 Å². The molecule has 1 N–H and O–H groups in total. The summed E-state index contributed by atoms with van der Waals surface area (Å²) < 4.78 is 5.53. The van der Waals surface area contributed by atoms with Gasteiger partial charge in [0.05, 0.1) is 12.8 Å². The molecule has 0 radical (unpaired) electrons. The molecule has 2 fully saturated rings. The van der Waals surface area contributed by atoms with E-state index < -0.39 is 0 Å². The van der Waals surface area contributed by atoms with Gasteiger partial charge in [-0.25, -0.2) is 0 Å². The van der Waals surface area contributed by atoms with E-state index >= 15 is 0 Å². The molecule has 1 aromatic carbocycles. The number of piperazine rings is 1. The number of anilines is 2. The topological polar surface area (TPSA) is 48.1 Å². The van der Waals surface area contributed by atoms with Gasteiger partial charge in [-0.3, -0.25) is 9.69 Å². The smallest absolute Gasteiger partial charge is 0.211 e. The first-order chi connectivity index (χ1) is 11.7. The van der Waals surface area contributed by atoms with Gasteiger partial charge < -0.3 is 19.9 Å². The number of nitrogens with one attached hydrogen (secondary N) is 1. The molecule has 24 heavy (non-hydrogen) atoms. The Balaban J connectivity index is 1.61. The molecule has 0 aliphatic carbocycles. The van der Waals surface area contributed by atoms with Crippen LogP contribution in [0.1, 0.15) is 12.8 Å². The summed E-state index contributed by atoms with van der Waals surface area (Å²) in [5, 5.41) is 2.68. The van der Waals surface area contributed by atoms with Crippen LogP contribution >= 0.6 is 0 Å². The number of likely N-dealkylation sites (N-methyl/N-ethyl adjacent to an activating group) is 1. The minimum Gasteiger partial charge on any atom is -0.495 e. The van der Waals surface area contributed by atoms with Crippen LogP contribution in [0, 0.1) is 0 Å². The second-order valence-electron chi connectivity index (χ2n) is 6.71. The number of rotatable bonds is 5. The van der Waals surface area contributed by atoms with Gasteiger partial charge in [0.15, 0.2) is 0 Å². The lowest BCUT2D eigenvalue weighted by atomic mass is 10.0. The van der Waals surface area contributed by atoms with Gasteiger partial charge in [-0.05, 0) is 32.0 Å². The number of carbonyl (C=O) groups excluding carboxylic acids is 1. The Hall–Kier alpha value is -1.79. The lowest BCUT2D eigenvalue weighted by Crippen LogP contribution is -2.52. The van der Waals surface area contributed by atoms with Crippen LogP contribution < -0.4 is 15.0 Å². The fourth-order valence-electron chi connectivity index (χ4n) is 3.76. The Morgan fingerprint density at radius 3 is 2.46 bits per heavy atom. The number of amides is 1. The van der Waals surface area contributed by atoms with Crippen LogP contribution in [0.4, 0.5) is 11.4 Å². The highest BCUT2D eigenvalue weighted by atomic mass is 16.5. The Kier molecular flexibility index (Phi) is 5.58. The first kappa shape index (κ1) is 17.0. The maximum absolute atomic E-state index is 10.6. The van der Waals surface area contributed by atoms with Crippen molar-refractivity contribution in [3.63, 3.8) is 0 Å². The van der Waals surface area contributed by atoms with Gasteiger partial charge in [0.1, 0.15) is 5.75 Å². The molecule has 0 spiro atoms. The number of hydrogen-bond acceptors (Lipinski definition) is 5. The molecule has 1 aromatic rings. The van der Waals surface area contributed by atoms with E-state index in [1.165, 1.54) is 39.0 Å². The molecule has 6 nitrogen and oxygen atoms in total. The molecule has 2 saturated heterocycles. The van der Waals surface area contributed by atoms with Crippen molar-refractivity contribution >= 4 is 17.8 Å². The molecular weight excluding hydrogens is 304 g/mol. The standard InChI is InChI=1S/C18H28N4O2/c1-20-9-11-21(12-10-20)16-5-7-22(8-6-16)17-4-3-15(19-14-23)13-18(17)24-2/h3-4,13-14,16H,5-12H2,1-2H3,(H,19,23). The average molecular weight is 332 g/mol. The first-order valence-corrected chi connectivity index (χ1v) is 8.77. The van der Waals surface area contributed by atoms with Crippen LogP contribution in [0.25, 0.3) is 0 Å². The molecule has 132 valence electrons. The SMILES string of the molecule is COc1cc(NC=O)ccc1N1CCC(N2CCN(C)CC2)CC1. The zero-order valence-electron chi connectivity index (χ0n) is 14.7. The van der Waals surface area contributed by atoms with Gasteiger partial charge in [-0.2, -0.15) is 0 Å². The van der Waals surface area contributed by atoms with E-state index in [0.717, 1.165) is 30.2 Å². The minimum atomic E-state index is 0.690. The van der Waals surface area contributed by atoms with Gasteiger partial charge in [0.2, 0.25) is 6.41 Å². The maximum Gasteiger partial charge on any atom is 0.211 e. The predicted molar refractivity (Wildman–Crippen MR) is 97.0 cm³/mol. The Labute approximate surface area is 144 Å². The van der Waals surface area contributed by atoms with Crippen LogP contribution in [0.5, 0.6) is 5.75 Å². The van der Waals surface area contributed by atoms with Gasteiger partial charge in [0.25, 0.3) is 0 Å². The number of benzene rings is 1. The molecule has 0 unspecified atom stereocenters. The average Bonchev–Trinajstić information content (AvgIpc) is 2.63. The summed E-state index contributed by atoms with van der Waals surface area (Å²) in [6.07, 6.45) is 3.08. The number of carbonyl (C=O) groups is 1. The second kappa shape index (κ2) is 7.85. The number of ether oxygens (including phenoxy) is 1. The molecule has 0 saturated carbocycles. The quantitative estimate of drug-likeness (QED) is 0.828. The second-order valence-corrected chi connectivity index (χ2v) is 6.71. The molecule has 3 rings (SSSR count). The zero-order valence-corrected chi connectivity index (χ0v) is 14.7. The van der Waals surface area contributed by atoms with E-state index in [0.29, 0.717) is 12.5 Å². The highest BCUT2D eigenvalue weighted by molar-refractivity contribution is 5.75. The van der Waals surface area contributed by atoms with Crippen LogP contribution in [0.2, 0.25) is 0 Å². The number of hydrogen-bond donors (Lipinski definition) is 1. The fraction of sp³-hybridized carbons (Fsp3) is 0.611. The Morgan fingerprint density at radius 1 is 1.12 bits per heavy atom. The molecule has 2 aliphatic heterocycles. The number of piperidine rings is 1. The fourth-order valence-corrected chi connectivity index (χ4v) is 3.76. The van der Waals surface area contributed by atoms with Crippen LogP contribution in [0.15, 0.2) is 18.2 Å². The molecule has 0 aromatic heterocycles. The molecule has 0 atom stereocenters. The van der Waals surface area contributed by atoms with Crippen molar-refractivity contribution in [2.24, 2.45) is 0 Å². The summed E-state index contributed by atoms with van der Waals surface area (Å²) in [7, 11) is 3.88. The third-order valence-electron chi connectivity index (χ3n) is 5.26. The highest BCUT2D eigenvalue weighted by Gasteiger charge is 2.27. The van der Waals surface area contributed by atoms with E-state index in [1.807, 2.05) is 18.2 Å². The molecular formula is C18H28N4O2. The van der Waals surface area contributed by atoms with E-state index in [-0.39, 0.29) is 0 Å². The van der Waals surface area contributed by atoms with Gasteiger partial charge in [0, 0.05) is 57.1 Å². The monoisotopic (exact) mass is 332 g/mol. The Bertz CT molecular complexity index is 550. The van der Waals surface area contributed by atoms with Crippen LogP contribution in [-0.2, 0) is 4.79 Å². The normalized spacial score (nSPS) is 20.8. The summed E-state index contributed by atoms with van der Waals surface area (Å²) in [5.74, 6) is 0.819. The molecule has 2 aliphatic rings. The lowest BCUT2D eigenvalue weighted by molar-refractivity contribution is -0.105. The van der Waals surface area contributed by atoms with Gasteiger partial charge in [-0.1, -0.05) is 0 Å². The zero-order chi connectivity index (χ0) is 16.9. The Morgan fingerprint density at radius 2 is 1.83 bits per heavy atom. The molecule has 2 heterocycles. The third kappa shape index (κ3) is 3.82. The van der Waals surface area contributed by atoms with Crippen molar-refractivity contribution in [2.45, 2.75) is 18.9 Å². The van der Waals surface area contributed by atoms with Crippen molar-refractivity contribution < 1.29 is 9.53 Å². The summed E-state index contributed by atoms with van der Waals surface area (Å²) in [4.78, 5) is 18.1. The predicted octanol–water partition coefficient (Wildman–Crippen LogP) is 1.48. The number of nitrogens with zero attached hydrogens (tertiary/aromatic N) is 3. The van der Waals surface area contributed by atoms with Crippen molar-refractivity contribution in [1.29, 1.82) is 0 Å². The highest BCUT2D eigenvalue weighted by Crippen LogP contribution is 2.33. The molecule has 6 heteroatoms. The summed E-state index contributed by atoms with van der Waals surface area (Å²) in [5.41, 5.74) is 1.88. The first-order valence-electron chi connectivity index (χ1n) is 8.77. The molecule has 1 amide bonds. The van der Waals surface area contributed by atoms with Crippen LogP contribution in [0.3, 0.4) is 0 Å². The summed E-state index contributed by atoms with van der Waals surface area (Å²) >= 11 is 0. The third-order valence-corrected chi connectivity index (χ3v) is 5.26. The van der Waals surface area contributed by atoms with Crippen molar-refractivity contribution in [1.82, 2.24) is 9.80 Å². The van der Waals surface area contributed by atoms with E-state index in [4.69, 9.17) is 4.74 Å². The van der Waals surface area contributed by atoms with E-state index in [9.17, 15) is 4.79 Å². The number of methoxy groups -OCH3 is 1. The maximum atomic E-state index is 10.6. The lowest BCUT2D eigenvalue weighted by Gasteiger charge is -2.42.